The van der Waals surface area contributed by atoms with Gasteiger partial charge in [0.2, 0.25) is 5.91 Å². The summed E-state index contributed by atoms with van der Waals surface area (Å²) in [6.45, 7) is 13.4. The number of carbonyl (C=O) groups is 2. The van der Waals surface area contributed by atoms with E-state index in [1.165, 1.54) is 0 Å². The van der Waals surface area contributed by atoms with Crippen LogP contribution in [0.1, 0.15) is 61.3 Å². The second-order valence-electron chi connectivity index (χ2n) is 8.16. The number of nitrogens with zero attached hydrogens (tertiary/aromatic N) is 1. The molecular formula is C19H38N2O4. The van der Waals surface area contributed by atoms with Crippen molar-refractivity contribution in [2.45, 2.75) is 85.1 Å². The van der Waals surface area contributed by atoms with Crippen LogP contribution >= 0.6 is 0 Å². The number of hydrogen-bond acceptors (Lipinski definition) is 5. The van der Waals surface area contributed by atoms with Crippen molar-refractivity contribution in [3.05, 3.63) is 0 Å². The van der Waals surface area contributed by atoms with E-state index < -0.39 is 17.7 Å². The molecule has 2 N–H and O–H groups in total. The van der Waals surface area contributed by atoms with Gasteiger partial charge < -0.3 is 20.1 Å². The molecule has 0 aliphatic rings. The molecule has 0 saturated carbocycles. The number of methoxy groups -OCH3 is 1. The van der Waals surface area contributed by atoms with Gasteiger partial charge in [0.1, 0.15) is 5.60 Å². The maximum Gasteiger partial charge on any atom is 0.309 e. The number of amides is 1. The molecule has 0 aliphatic heterocycles. The molecule has 0 aromatic heterocycles. The normalized spacial score (nSPS) is 16.9. The largest absolute Gasteiger partial charge is 0.460 e. The molecule has 148 valence electrons. The predicted molar refractivity (Wildman–Crippen MR) is 100 cm³/mol. The Hall–Kier alpha value is -1.14. The lowest BCUT2D eigenvalue weighted by atomic mass is 9.90. The van der Waals surface area contributed by atoms with E-state index in [4.69, 9.17) is 15.2 Å². The van der Waals surface area contributed by atoms with Gasteiger partial charge in [-0.2, -0.15) is 0 Å². The Labute approximate surface area is 153 Å². The first-order valence-corrected chi connectivity index (χ1v) is 9.12. The highest BCUT2D eigenvalue weighted by Crippen LogP contribution is 2.23. The van der Waals surface area contributed by atoms with Crippen LogP contribution in [-0.2, 0) is 19.1 Å². The second kappa shape index (κ2) is 10.1. The van der Waals surface area contributed by atoms with E-state index in [9.17, 15) is 9.59 Å². The highest BCUT2D eigenvalue weighted by Gasteiger charge is 2.36. The topological polar surface area (TPSA) is 81.9 Å². The predicted octanol–water partition coefficient (Wildman–Crippen LogP) is 2.59. The van der Waals surface area contributed by atoms with Crippen molar-refractivity contribution in [1.29, 1.82) is 0 Å². The number of nitrogens with two attached hydrogens (primary N) is 1. The Morgan fingerprint density at radius 2 is 1.68 bits per heavy atom. The summed E-state index contributed by atoms with van der Waals surface area (Å²) in [7, 11) is 3.30. The molecule has 0 radical (unpaired) electrons. The molecule has 1 amide bonds. The Balaban J connectivity index is 5.39. The number of esters is 1. The van der Waals surface area contributed by atoms with Crippen molar-refractivity contribution in [3.8, 4) is 0 Å². The fourth-order valence-electron chi connectivity index (χ4n) is 2.80. The summed E-state index contributed by atoms with van der Waals surface area (Å²) >= 11 is 0. The summed E-state index contributed by atoms with van der Waals surface area (Å²) in [4.78, 5) is 26.6. The molecule has 6 heteroatoms. The van der Waals surface area contributed by atoms with E-state index in [-0.39, 0.29) is 36.2 Å². The van der Waals surface area contributed by atoms with Crippen LogP contribution in [-0.4, -0.2) is 54.7 Å². The molecule has 0 heterocycles. The Morgan fingerprint density at radius 3 is 2.04 bits per heavy atom. The quantitative estimate of drug-likeness (QED) is 0.641. The molecule has 25 heavy (non-hydrogen) atoms. The van der Waals surface area contributed by atoms with Crippen LogP contribution in [0.5, 0.6) is 0 Å². The van der Waals surface area contributed by atoms with Crippen molar-refractivity contribution in [3.63, 3.8) is 0 Å². The van der Waals surface area contributed by atoms with Crippen molar-refractivity contribution < 1.29 is 19.1 Å². The summed E-state index contributed by atoms with van der Waals surface area (Å²) in [5.74, 6) is -0.270. The highest BCUT2D eigenvalue weighted by molar-refractivity contribution is 5.82. The first kappa shape index (κ1) is 23.9. The van der Waals surface area contributed by atoms with Gasteiger partial charge in [0.15, 0.2) is 0 Å². The van der Waals surface area contributed by atoms with Gasteiger partial charge in [-0.1, -0.05) is 34.1 Å². The number of rotatable bonds is 9. The number of hydrogen-bond donors (Lipinski definition) is 1. The van der Waals surface area contributed by atoms with Crippen LogP contribution in [0, 0.1) is 11.8 Å². The molecule has 0 saturated heterocycles. The average molecular weight is 359 g/mol. The zero-order valence-corrected chi connectivity index (χ0v) is 17.5. The summed E-state index contributed by atoms with van der Waals surface area (Å²) in [5.41, 5.74) is 5.49. The third-order valence-electron chi connectivity index (χ3n) is 4.50. The van der Waals surface area contributed by atoms with Crippen molar-refractivity contribution in [1.82, 2.24) is 4.90 Å². The molecule has 0 bridgehead atoms. The number of carbonyl (C=O) groups excluding carboxylic acids is 2. The molecule has 4 unspecified atom stereocenters. The second-order valence-corrected chi connectivity index (χ2v) is 8.16. The van der Waals surface area contributed by atoms with Crippen LogP contribution in [0.2, 0.25) is 0 Å². The lowest BCUT2D eigenvalue weighted by Crippen LogP contribution is -2.55. The molecule has 0 rings (SSSR count). The smallest absolute Gasteiger partial charge is 0.309 e. The first-order valence-electron chi connectivity index (χ1n) is 9.12. The van der Waals surface area contributed by atoms with Crippen molar-refractivity contribution in [2.24, 2.45) is 17.6 Å². The third-order valence-corrected chi connectivity index (χ3v) is 4.50. The van der Waals surface area contributed by atoms with E-state index >= 15 is 0 Å². The minimum Gasteiger partial charge on any atom is -0.460 e. The fraction of sp³-hybridized carbons (Fsp3) is 0.895. The molecule has 0 spiro atoms. The summed E-state index contributed by atoms with van der Waals surface area (Å²) in [6.07, 6.45) is 0.503. The minimum atomic E-state index is -0.574. The van der Waals surface area contributed by atoms with Crippen LogP contribution in [0.3, 0.4) is 0 Å². The first-order chi connectivity index (χ1) is 11.4. The summed E-state index contributed by atoms with van der Waals surface area (Å²) in [6, 6.07) is -0.824. The molecular weight excluding hydrogens is 320 g/mol. The minimum absolute atomic E-state index is 0.0411. The van der Waals surface area contributed by atoms with Crippen LogP contribution in [0.15, 0.2) is 0 Å². The molecule has 0 aliphatic carbocycles. The van der Waals surface area contributed by atoms with E-state index in [1.807, 2.05) is 34.6 Å². The van der Waals surface area contributed by atoms with Gasteiger partial charge in [-0.15, -0.1) is 0 Å². The Bertz CT molecular complexity index is 432. The van der Waals surface area contributed by atoms with Gasteiger partial charge in [-0.25, -0.2) is 0 Å². The van der Waals surface area contributed by atoms with Gasteiger partial charge in [0.05, 0.1) is 24.6 Å². The Morgan fingerprint density at radius 1 is 1.16 bits per heavy atom. The lowest BCUT2D eigenvalue weighted by Gasteiger charge is -2.39. The van der Waals surface area contributed by atoms with Crippen molar-refractivity contribution >= 4 is 11.9 Å². The van der Waals surface area contributed by atoms with Gasteiger partial charge in [-0.3, -0.25) is 9.59 Å². The zero-order valence-electron chi connectivity index (χ0n) is 17.5. The lowest BCUT2D eigenvalue weighted by molar-refractivity contribution is -0.160. The number of likely N-dealkylation sites (N-methyl/N-ethyl adjacent to an activating group) is 1. The maximum absolute atomic E-state index is 12.7. The monoisotopic (exact) mass is 358 g/mol. The molecule has 0 fully saturated rings. The zero-order chi connectivity index (χ0) is 19.9. The third kappa shape index (κ3) is 7.74. The summed E-state index contributed by atoms with van der Waals surface area (Å²) < 4.78 is 11.0. The summed E-state index contributed by atoms with van der Waals surface area (Å²) in [5, 5.41) is 0. The van der Waals surface area contributed by atoms with E-state index in [0.29, 0.717) is 0 Å². The van der Waals surface area contributed by atoms with Gasteiger partial charge in [-0.05, 0) is 32.6 Å². The van der Waals surface area contributed by atoms with Crippen LogP contribution < -0.4 is 5.73 Å². The molecule has 0 aromatic carbocycles. The standard InChI is InChI=1S/C19H38N2O4/c1-10-13(4)17(21(8)18(23)16(20)12(2)3)14(24-9)11-15(22)25-19(5,6)7/h12-14,16-17H,10-11,20H2,1-9H3. The fourth-order valence-corrected chi connectivity index (χ4v) is 2.80. The van der Waals surface area contributed by atoms with Crippen LogP contribution in [0.4, 0.5) is 0 Å². The maximum atomic E-state index is 12.7. The Kier molecular flexibility index (Phi) is 9.66. The van der Waals surface area contributed by atoms with Crippen LogP contribution in [0.25, 0.3) is 0 Å². The molecule has 0 aromatic rings. The molecule has 4 atom stereocenters. The van der Waals surface area contributed by atoms with E-state index in [2.05, 4.69) is 13.8 Å². The van der Waals surface area contributed by atoms with Gasteiger partial charge in [0.25, 0.3) is 0 Å². The average Bonchev–Trinajstić information content (AvgIpc) is 2.49. The van der Waals surface area contributed by atoms with E-state index in [0.717, 1.165) is 6.42 Å². The number of ether oxygens (including phenoxy) is 2. The van der Waals surface area contributed by atoms with Gasteiger partial charge >= 0.3 is 5.97 Å². The SMILES string of the molecule is CCC(C)C(C(CC(=O)OC(C)(C)C)OC)N(C)C(=O)C(N)C(C)C. The van der Waals surface area contributed by atoms with Gasteiger partial charge in [0, 0.05) is 14.2 Å². The van der Waals surface area contributed by atoms with E-state index in [1.54, 1.807) is 19.1 Å². The van der Waals surface area contributed by atoms with Crippen molar-refractivity contribution in [2.75, 3.05) is 14.2 Å². The molecule has 6 nitrogen and oxygen atoms in total. The highest BCUT2D eigenvalue weighted by atomic mass is 16.6.